The minimum Gasteiger partial charge on any atom is -0.320 e. The highest BCUT2D eigenvalue weighted by Gasteiger charge is 2.25. The number of carbonyl (C=O) groups is 1. The minimum absolute atomic E-state index is 0.103. The Bertz CT molecular complexity index is 138. The molecule has 0 aromatic rings. The van der Waals surface area contributed by atoms with Crippen LogP contribution in [0.3, 0.4) is 0 Å². The van der Waals surface area contributed by atoms with Crippen molar-refractivity contribution in [2.24, 2.45) is 5.73 Å². The molecule has 2 N–H and O–H groups in total. The van der Waals surface area contributed by atoms with Gasteiger partial charge in [0.25, 0.3) is 5.91 Å². The summed E-state index contributed by atoms with van der Waals surface area (Å²) in [5.41, 5.74) is 5.47. The summed E-state index contributed by atoms with van der Waals surface area (Å²) in [5.74, 6) is -0.103. The quantitative estimate of drug-likeness (QED) is 0.539. The summed E-state index contributed by atoms with van der Waals surface area (Å²) in [4.78, 5) is 15.8. The Kier molecular flexibility index (Phi) is 2.24. The molecule has 1 amide bonds. The van der Waals surface area contributed by atoms with Crippen molar-refractivity contribution in [3.8, 4) is 0 Å². The first kappa shape index (κ1) is 7.50. The molecule has 1 aliphatic heterocycles. The summed E-state index contributed by atoms with van der Waals surface area (Å²) in [6.07, 6.45) is 1.71. The second-order valence-corrected chi connectivity index (χ2v) is 2.37. The zero-order chi connectivity index (χ0) is 7.56. The van der Waals surface area contributed by atoms with Gasteiger partial charge in [0.1, 0.15) is 0 Å². The summed E-state index contributed by atoms with van der Waals surface area (Å²) >= 11 is 0. The van der Waals surface area contributed by atoms with Crippen LogP contribution in [-0.4, -0.2) is 30.7 Å². The van der Waals surface area contributed by atoms with Gasteiger partial charge in [0.2, 0.25) is 0 Å². The van der Waals surface area contributed by atoms with Crippen molar-refractivity contribution in [3.63, 3.8) is 0 Å². The molecule has 1 heterocycles. The number of nitrogens with zero attached hydrogens (tertiary/aromatic N) is 1. The van der Waals surface area contributed by atoms with Gasteiger partial charge in [0.15, 0.2) is 0 Å². The Morgan fingerprint density at radius 2 is 2.50 bits per heavy atom. The molecule has 0 aromatic carbocycles. The first-order valence-electron chi connectivity index (χ1n) is 3.37. The summed E-state index contributed by atoms with van der Waals surface area (Å²) in [7, 11) is 1.48. The van der Waals surface area contributed by atoms with E-state index in [4.69, 9.17) is 10.6 Å². The molecule has 0 spiro atoms. The van der Waals surface area contributed by atoms with Crippen LogP contribution in [0.4, 0.5) is 0 Å². The highest BCUT2D eigenvalue weighted by Crippen LogP contribution is 2.08. The van der Waals surface area contributed by atoms with Crippen LogP contribution in [0.2, 0.25) is 0 Å². The number of piperidine rings is 1. The van der Waals surface area contributed by atoms with E-state index in [1.54, 1.807) is 0 Å². The maximum atomic E-state index is 11.0. The fraction of sp³-hybridized carbons (Fsp3) is 0.833. The summed E-state index contributed by atoms with van der Waals surface area (Å²) < 4.78 is 0. The van der Waals surface area contributed by atoms with Crippen molar-refractivity contribution in [1.29, 1.82) is 0 Å². The molecule has 4 heteroatoms. The average Bonchev–Trinajstić information content (AvgIpc) is 1.95. The van der Waals surface area contributed by atoms with E-state index in [1.807, 2.05) is 0 Å². The summed E-state index contributed by atoms with van der Waals surface area (Å²) in [5, 5.41) is 1.31. The largest absolute Gasteiger partial charge is 0.320 e. The zero-order valence-corrected chi connectivity index (χ0v) is 6.04. The Balaban J connectivity index is 2.51. The van der Waals surface area contributed by atoms with Crippen LogP contribution >= 0.6 is 0 Å². The molecule has 1 fully saturated rings. The Hall–Kier alpha value is -0.610. The average molecular weight is 144 g/mol. The minimum atomic E-state index is -0.353. The van der Waals surface area contributed by atoms with Gasteiger partial charge < -0.3 is 5.73 Å². The van der Waals surface area contributed by atoms with Gasteiger partial charge >= 0.3 is 0 Å². The topological polar surface area (TPSA) is 55.6 Å². The standard InChI is InChI=1S/C6H12N2O2/c1-10-8-4-2-3-5(7)6(8)9/h5H,2-4,7H2,1H3. The van der Waals surface area contributed by atoms with Gasteiger partial charge in [-0.2, -0.15) is 0 Å². The SMILES string of the molecule is CON1CCCC(N)C1=O. The van der Waals surface area contributed by atoms with E-state index in [9.17, 15) is 4.79 Å². The summed E-state index contributed by atoms with van der Waals surface area (Å²) in [6.45, 7) is 0.670. The Morgan fingerprint density at radius 3 is 3.00 bits per heavy atom. The van der Waals surface area contributed by atoms with Crippen molar-refractivity contribution in [2.75, 3.05) is 13.7 Å². The lowest BCUT2D eigenvalue weighted by Gasteiger charge is -2.27. The van der Waals surface area contributed by atoms with Crippen molar-refractivity contribution in [2.45, 2.75) is 18.9 Å². The van der Waals surface area contributed by atoms with Crippen LogP contribution in [0.25, 0.3) is 0 Å². The van der Waals surface area contributed by atoms with Crippen LogP contribution in [0.1, 0.15) is 12.8 Å². The third-order valence-electron chi connectivity index (χ3n) is 1.66. The second-order valence-electron chi connectivity index (χ2n) is 2.37. The molecule has 1 rings (SSSR count). The maximum absolute atomic E-state index is 11.0. The first-order valence-corrected chi connectivity index (χ1v) is 3.37. The predicted molar refractivity (Wildman–Crippen MR) is 35.9 cm³/mol. The fourth-order valence-electron chi connectivity index (χ4n) is 1.05. The zero-order valence-electron chi connectivity index (χ0n) is 6.04. The Labute approximate surface area is 59.9 Å². The molecule has 4 nitrogen and oxygen atoms in total. The number of hydrogen-bond donors (Lipinski definition) is 1. The van der Waals surface area contributed by atoms with Crippen molar-refractivity contribution in [3.05, 3.63) is 0 Å². The van der Waals surface area contributed by atoms with Gasteiger partial charge in [-0.3, -0.25) is 9.63 Å². The van der Waals surface area contributed by atoms with Crippen molar-refractivity contribution in [1.82, 2.24) is 5.06 Å². The first-order chi connectivity index (χ1) is 4.75. The molecular weight excluding hydrogens is 132 g/mol. The van der Waals surface area contributed by atoms with Gasteiger partial charge in [0, 0.05) is 6.54 Å². The molecule has 0 aromatic heterocycles. The normalized spacial score (nSPS) is 27.2. The van der Waals surface area contributed by atoms with E-state index < -0.39 is 0 Å². The molecule has 1 atom stereocenters. The Morgan fingerprint density at radius 1 is 1.80 bits per heavy atom. The molecule has 0 aliphatic carbocycles. The maximum Gasteiger partial charge on any atom is 0.262 e. The summed E-state index contributed by atoms with van der Waals surface area (Å²) in [6, 6.07) is -0.353. The van der Waals surface area contributed by atoms with Gasteiger partial charge in [-0.05, 0) is 12.8 Å². The molecule has 0 saturated carbocycles. The van der Waals surface area contributed by atoms with Crippen LogP contribution < -0.4 is 5.73 Å². The van der Waals surface area contributed by atoms with Crippen LogP contribution in [0, 0.1) is 0 Å². The molecular formula is C6H12N2O2. The molecule has 58 valence electrons. The van der Waals surface area contributed by atoms with E-state index in [1.165, 1.54) is 12.2 Å². The smallest absolute Gasteiger partial charge is 0.262 e. The van der Waals surface area contributed by atoms with E-state index in [-0.39, 0.29) is 11.9 Å². The third kappa shape index (κ3) is 1.27. The molecule has 1 saturated heterocycles. The van der Waals surface area contributed by atoms with Gasteiger partial charge in [-0.15, -0.1) is 0 Å². The van der Waals surface area contributed by atoms with E-state index >= 15 is 0 Å². The van der Waals surface area contributed by atoms with Crippen molar-refractivity contribution < 1.29 is 9.63 Å². The number of hydrogen-bond acceptors (Lipinski definition) is 3. The number of hydroxylamine groups is 2. The number of amides is 1. The molecule has 1 unspecified atom stereocenters. The van der Waals surface area contributed by atoms with E-state index in [0.717, 1.165) is 12.8 Å². The van der Waals surface area contributed by atoms with Crippen LogP contribution in [0.5, 0.6) is 0 Å². The second kappa shape index (κ2) is 2.98. The highest BCUT2D eigenvalue weighted by molar-refractivity contribution is 5.81. The lowest BCUT2D eigenvalue weighted by molar-refractivity contribution is -0.182. The van der Waals surface area contributed by atoms with Crippen LogP contribution in [0.15, 0.2) is 0 Å². The highest BCUT2D eigenvalue weighted by atomic mass is 16.7. The van der Waals surface area contributed by atoms with Gasteiger partial charge in [0.05, 0.1) is 13.2 Å². The van der Waals surface area contributed by atoms with Crippen molar-refractivity contribution >= 4 is 5.91 Å². The lowest BCUT2D eigenvalue weighted by Crippen LogP contribution is -2.47. The molecule has 0 radical (unpaired) electrons. The van der Waals surface area contributed by atoms with Crippen LogP contribution in [-0.2, 0) is 9.63 Å². The number of nitrogens with two attached hydrogens (primary N) is 1. The molecule has 1 aliphatic rings. The van der Waals surface area contributed by atoms with Gasteiger partial charge in [-0.1, -0.05) is 0 Å². The third-order valence-corrected chi connectivity index (χ3v) is 1.66. The number of rotatable bonds is 1. The predicted octanol–water partition coefficient (Wildman–Crippen LogP) is -0.503. The fourth-order valence-corrected chi connectivity index (χ4v) is 1.05. The van der Waals surface area contributed by atoms with Gasteiger partial charge in [-0.25, -0.2) is 5.06 Å². The number of carbonyl (C=O) groups excluding carboxylic acids is 1. The van der Waals surface area contributed by atoms with E-state index in [2.05, 4.69) is 0 Å². The monoisotopic (exact) mass is 144 g/mol. The molecule has 0 bridgehead atoms. The van der Waals surface area contributed by atoms with E-state index in [0.29, 0.717) is 6.54 Å². The molecule has 10 heavy (non-hydrogen) atoms. The lowest BCUT2D eigenvalue weighted by atomic mass is 10.1.